The van der Waals surface area contributed by atoms with Crippen molar-refractivity contribution < 1.29 is 9.84 Å². The van der Waals surface area contributed by atoms with Crippen LogP contribution in [0.15, 0.2) is 22.9 Å². The molecule has 0 unspecified atom stereocenters. The molecular formula is C4H5O2S2+. The van der Waals surface area contributed by atoms with Gasteiger partial charge in [-0.3, -0.25) is 0 Å². The summed E-state index contributed by atoms with van der Waals surface area (Å²) in [6.07, 6.45) is 0. The van der Waals surface area contributed by atoms with Crippen LogP contribution in [0, 0.1) is 0 Å². The quantitative estimate of drug-likeness (QED) is 0.555. The fraction of sp³-hybridized carbons (Fsp3) is 0. The third-order valence-electron chi connectivity index (χ3n) is 0.425. The second-order valence-electron chi connectivity index (χ2n) is 0.861. The van der Waals surface area contributed by atoms with E-state index >= 15 is 0 Å². The average molecular weight is 149 g/mol. The second-order valence-corrected chi connectivity index (χ2v) is 1.81. The molecule has 1 aromatic heterocycles. The van der Waals surface area contributed by atoms with Gasteiger partial charge in [-0.15, -0.1) is 0 Å². The second kappa shape index (κ2) is 6.52. The van der Waals surface area contributed by atoms with Crippen molar-refractivity contribution in [2.24, 2.45) is 0 Å². The van der Waals surface area contributed by atoms with Crippen LogP contribution in [-0.2, 0) is 11.6 Å². The Morgan fingerprint density at radius 2 is 1.62 bits per heavy atom. The summed E-state index contributed by atoms with van der Waals surface area (Å²) < 4.78 is 16.6. The van der Waals surface area contributed by atoms with Crippen LogP contribution in [0.5, 0.6) is 0 Å². The van der Waals surface area contributed by atoms with Crippen molar-refractivity contribution >= 4 is 22.9 Å². The van der Waals surface area contributed by atoms with E-state index in [1.165, 1.54) is 0 Å². The normalized spacial score (nSPS) is 6.50. The molecule has 2 nitrogen and oxygen atoms in total. The fourth-order valence-corrected chi connectivity index (χ4v) is 0.680. The fourth-order valence-electron chi connectivity index (χ4n) is 0.227. The lowest BCUT2D eigenvalue weighted by Crippen LogP contribution is -1.18. The predicted molar refractivity (Wildman–Crippen MR) is 34.4 cm³/mol. The minimum atomic E-state index is -0.750. The van der Waals surface area contributed by atoms with Gasteiger partial charge in [0.25, 0.3) is 0 Å². The Hall–Kier alpha value is -0.480. The van der Waals surface area contributed by atoms with Gasteiger partial charge in [-0.25, -0.2) is 0 Å². The molecule has 0 aliphatic heterocycles. The monoisotopic (exact) mass is 149 g/mol. The van der Waals surface area contributed by atoms with Crippen LogP contribution in [0.3, 0.4) is 0 Å². The zero-order chi connectivity index (χ0) is 6.24. The molecule has 1 heterocycles. The molecule has 1 rings (SSSR count). The van der Waals surface area contributed by atoms with Gasteiger partial charge in [-0.2, -0.15) is 19.8 Å². The highest BCUT2D eigenvalue weighted by molar-refractivity contribution is 7.51. The van der Waals surface area contributed by atoms with Crippen molar-refractivity contribution in [3.8, 4) is 0 Å². The molecule has 8 heavy (non-hydrogen) atoms. The van der Waals surface area contributed by atoms with E-state index < -0.39 is 11.6 Å². The molecule has 1 aromatic rings. The Morgan fingerprint density at radius 1 is 1.25 bits per heavy atom. The van der Waals surface area contributed by atoms with Crippen molar-refractivity contribution in [3.63, 3.8) is 0 Å². The number of thiophene rings is 1. The first-order valence-corrected chi connectivity index (χ1v) is 3.41. The first-order chi connectivity index (χ1) is 3.91. The Kier molecular flexibility index (Phi) is 6.13. The number of hydrogen-bond donors (Lipinski definition) is 0. The molecule has 0 fully saturated rings. The molecule has 0 N–H and O–H groups in total. The van der Waals surface area contributed by atoms with Crippen LogP contribution in [0.4, 0.5) is 0 Å². The Labute approximate surface area is 56.3 Å². The molecule has 0 aliphatic rings. The molecule has 0 saturated carbocycles. The highest BCUT2D eigenvalue weighted by Crippen LogP contribution is 1.91. The topological polar surface area (TPSA) is 34.1 Å². The summed E-state index contributed by atoms with van der Waals surface area (Å²) in [5.41, 5.74) is 0. The highest BCUT2D eigenvalue weighted by atomic mass is 32.1. The Morgan fingerprint density at radius 3 is 1.75 bits per heavy atom. The van der Waals surface area contributed by atoms with Gasteiger partial charge in [0.15, 0.2) is 0 Å². The molecule has 0 radical (unpaired) electrons. The van der Waals surface area contributed by atoms with Crippen molar-refractivity contribution in [1.29, 1.82) is 0 Å². The van der Waals surface area contributed by atoms with Crippen LogP contribution in [-0.4, -0.2) is 8.42 Å². The average Bonchev–Trinajstić information content (AvgIpc) is 2.17. The third kappa shape index (κ3) is 5.52. The molecule has 0 saturated heterocycles. The van der Waals surface area contributed by atoms with Crippen molar-refractivity contribution in [3.05, 3.63) is 22.9 Å². The van der Waals surface area contributed by atoms with Crippen LogP contribution < -0.4 is 0 Å². The third-order valence-corrected chi connectivity index (χ3v) is 1.05. The number of hydrogen-bond acceptors (Lipinski definition) is 3. The van der Waals surface area contributed by atoms with Gasteiger partial charge < -0.3 is 0 Å². The van der Waals surface area contributed by atoms with E-state index in [0.29, 0.717) is 0 Å². The molecule has 0 spiro atoms. The maximum absolute atomic E-state index is 8.29. The van der Waals surface area contributed by atoms with Gasteiger partial charge in [0.2, 0.25) is 0 Å². The molecule has 0 bridgehead atoms. The van der Waals surface area contributed by atoms with Crippen molar-refractivity contribution in [2.45, 2.75) is 0 Å². The predicted octanol–water partition coefficient (Wildman–Crippen LogP) is 1.19. The van der Waals surface area contributed by atoms with Crippen LogP contribution in [0.2, 0.25) is 0 Å². The summed E-state index contributed by atoms with van der Waals surface area (Å²) in [7, 11) is 0. The largest absolute Gasteiger partial charge is 1.00 e. The van der Waals surface area contributed by atoms with E-state index in [-0.39, 0.29) is 1.43 Å². The van der Waals surface area contributed by atoms with Gasteiger partial charge in [-0.05, 0) is 10.8 Å². The van der Waals surface area contributed by atoms with E-state index in [9.17, 15) is 0 Å². The van der Waals surface area contributed by atoms with Crippen molar-refractivity contribution in [1.82, 2.24) is 0 Å². The smallest absolute Gasteiger partial charge is 0.168 e. The molecule has 4 heteroatoms. The first-order valence-electron chi connectivity index (χ1n) is 1.80. The molecule has 0 aliphatic carbocycles. The van der Waals surface area contributed by atoms with Crippen LogP contribution in [0.1, 0.15) is 1.43 Å². The summed E-state index contributed by atoms with van der Waals surface area (Å²) in [6.45, 7) is 0. The zero-order valence-corrected chi connectivity index (χ0v) is 5.58. The van der Waals surface area contributed by atoms with Gasteiger partial charge in [0.05, 0.1) is 0 Å². The van der Waals surface area contributed by atoms with Crippen LogP contribution in [0.25, 0.3) is 0 Å². The van der Waals surface area contributed by atoms with Crippen LogP contribution >= 0.6 is 11.3 Å². The van der Waals surface area contributed by atoms with Gasteiger partial charge in [0.1, 0.15) is 0 Å². The van der Waals surface area contributed by atoms with E-state index in [1.54, 1.807) is 11.3 Å². The number of rotatable bonds is 0. The van der Waals surface area contributed by atoms with Gasteiger partial charge >= 0.3 is 13.0 Å². The maximum Gasteiger partial charge on any atom is 1.00 e. The van der Waals surface area contributed by atoms with Crippen molar-refractivity contribution in [2.75, 3.05) is 0 Å². The summed E-state index contributed by atoms with van der Waals surface area (Å²) in [4.78, 5) is 0. The van der Waals surface area contributed by atoms with E-state index in [4.69, 9.17) is 8.42 Å². The molecular weight excluding hydrogens is 144 g/mol. The molecule has 0 atom stereocenters. The maximum atomic E-state index is 8.29. The highest BCUT2D eigenvalue weighted by Gasteiger charge is 1.58. The molecule has 0 aromatic carbocycles. The lowest BCUT2D eigenvalue weighted by atomic mass is 10.7. The summed E-state index contributed by atoms with van der Waals surface area (Å²) in [6, 6.07) is 4.04. The zero-order valence-electron chi connectivity index (χ0n) is 4.94. The van der Waals surface area contributed by atoms with E-state index in [2.05, 4.69) is 0 Å². The molecule has 44 valence electrons. The van der Waals surface area contributed by atoms with E-state index in [0.717, 1.165) is 0 Å². The lowest BCUT2D eigenvalue weighted by molar-refractivity contribution is 0.630. The minimum absolute atomic E-state index is 0. The summed E-state index contributed by atoms with van der Waals surface area (Å²) in [5.74, 6) is 0. The summed E-state index contributed by atoms with van der Waals surface area (Å²) in [5, 5.41) is 4.08. The standard InChI is InChI=1S/C4H4S.O2S/c1-2-4-5-3-1;1-3-2/h1-4H;/p+1. The molecule has 0 amide bonds. The SMILES string of the molecule is O=S=O.[H+].c1ccsc1. The van der Waals surface area contributed by atoms with E-state index in [1.807, 2.05) is 22.9 Å². The summed E-state index contributed by atoms with van der Waals surface area (Å²) >= 11 is 0.963. The Balaban J connectivity index is 0. The van der Waals surface area contributed by atoms with Gasteiger partial charge in [-0.1, -0.05) is 12.1 Å². The van der Waals surface area contributed by atoms with Gasteiger partial charge in [0, 0.05) is 0 Å². The first kappa shape index (κ1) is 7.52. The lowest BCUT2D eigenvalue weighted by Gasteiger charge is -1.39. The Bertz CT molecular complexity index is 128. The minimum Gasteiger partial charge on any atom is -0.168 e.